The molecule has 3 aromatic rings. The first kappa shape index (κ1) is 14.4. The van der Waals surface area contributed by atoms with Crippen molar-refractivity contribution in [3.05, 3.63) is 54.0 Å². The third kappa shape index (κ3) is 2.43. The molecular weight excluding hydrogens is 284 g/mol. The number of piperidine rings is 1. The normalized spacial score (nSPS) is 19.3. The van der Waals surface area contributed by atoms with Crippen LogP contribution in [0.5, 0.6) is 0 Å². The van der Waals surface area contributed by atoms with Gasteiger partial charge >= 0.3 is 0 Å². The Bertz CT molecular complexity index is 836. The van der Waals surface area contributed by atoms with E-state index in [-0.39, 0.29) is 0 Å². The number of para-hydroxylation sites is 1. The molecule has 0 N–H and O–H groups in total. The maximum atomic E-state index is 4.96. The van der Waals surface area contributed by atoms with E-state index in [1.165, 1.54) is 24.1 Å². The molecule has 1 aromatic carbocycles. The van der Waals surface area contributed by atoms with Gasteiger partial charge in [-0.1, -0.05) is 24.6 Å². The largest absolute Gasteiger partial charge is 0.297 e. The maximum absolute atomic E-state index is 4.96. The molecule has 1 aliphatic rings. The van der Waals surface area contributed by atoms with Crippen LogP contribution in [0.4, 0.5) is 0 Å². The zero-order chi connectivity index (χ0) is 15.8. The summed E-state index contributed by atoms with van der Waals surface area (Å²) in [4.78, 5) is 12.0. The van der Waals surface area contributed by atoms with Crippen molar-refractivity contribution in [3.63, 3.8) is 0 Å². The van der Waals surface area contributed by atoms with Crippen molar-refractivity contribution in [1.82, 2.24) is 19.4 Å². The molecule has 1 aliphatic heterocycles. The lowest BCUT2D eigenvalue weighted by atomic mass is 10.0. The molecule has 0 saturated carbocycles. The summed E-state index contributed by atoms with van der Waals surface area (Å²) < 4.78 is 2.26. The number of aromatic nitrogens is 3. The van der Waals surface area contributed by atoms with Crippen LogP contribution in [0.2, 0.25) is 0 Å². The topological polar surface area (TPSA) is 34.0 Å². The van der Waals surface area contributed by atoms with E-state index in [9.17, 15) is 0 Å². The Morgan fingerprint density at radius 2 is 1.96 bits per heavy atom. The molecule has 1 fully saturated rings. The van der Waals surface area contributed by atoms with Crippen LogP contribution in [-0.2, 0) is 0 Å². The van der Waals surface area contributed by atoms with Gasteiger partial charge in [0.1, 0.15) is 11.3 Å². The second kappa shape index (κ2) is 5.78. The predicted molar refractivity (Wildman–Crippen MR) is 92.8 cm³/mol. The van der Waals surface area contributed by atoms with Crippen molar-refractivity contribution in [3.8, 4) is 5.69 Å². The number of fused-ring (bicyclic) bond motifs is 1. The van der Waals surface area contributed by atoms with Crippen LogP contribution in [0, 0.1) is 6.92 Å². The molecule has 4 rings (SSSR count). The van der Waals surface area contributed by atoms with Gasteiger partial charge in [-0.25, -0.2) is 9.97 Å². The van der Waals surface area contributed by atoms with Gasteiger partial charge in [0.25, 0.3) is 0 Å². The van der Waals surface area contributed by atoms with E-state index < -0.39 is 0 Å². The van der Waals surface area contributed by atoms with Crippen molar-refractivity contribution in [2.45, 2.75) is 32.2 Å². The molecule has 0 spiro atoms. The van der Waals surface area contributed by atoms with Crippen molar-refractivity contribution in [1.29, 1.82) is 0 Å². The second-order valence-electron chi connectivity index (χ2n) is 6.43. The van der Waals surface area contributed by atoms with Gasteiger partial charge in [0, 0.05) is 6.20 Å². The maximum Gasteiger partial charge on any atom is 0.164 e. The van der Waals surface area contributed by atoms with Crippen LogP contribution in [0.3, 0.4) is 0 Å². The number of hydrogen-bond donors (Lipinski definition) is 0. The molecule has 0 bridgehead atoms. The van der Waals surface area contributed by atoms with Crippen LogP contribution >= 0.6 is 0 Å². The molecule has 0 aliphatic carbocycles. The van der Waals surface area contributed by atoms with E-state index in [1.807, 2.05) is 12.3 Å². The lowest BCUT2D eigenvalue weighted by molar-refractivity contribution is 0.178. The lowest BCUT2D eigenvalue weighted by Crippen LogP contribution is -2.31. The number of hydrogen-bond acceptors (Lipinski definition) is 3. The molecule has 0 amide bonds. The molecule has 1 atom stereocenters. The molecule has 1 unspecified atom stereocenters. The average Bonchev–Trinajstić information content (AvgIpc) is 2.95. The highest BCUT2D eigenvalue weighted by atomic mass is 15.2. The highest BCUT2D eigenvalue weighted by molar-refractivity contribution is 5.74. The molecule has 4 heteroatoms. The Morgan fingerprint density at radius 3 is 2.78 bits per heavy atom. The minimum atomic E-state index is 0.359. The first-order valence-electron chi connectivity index (χ1n) is 8.35. The third-order valence-corrected chi connectivity index (χ3v) is 4.87. The first-order chi connectivity index (χ1) is 11.3. The predicted octanol–water partition coefficient (Wildman–Crippen LogP) is 3.89. The van der Waals surface area contributed by atoms with Crippen molar-refractivity contribution in [2.75, 3.05) is 13.6 Å². The number of likely N-dealkylation sites (tertiary alicyclic amines) is 1. The second-order valence-corrected chi connectivity index (χ2v) is 6.43. The van der Waals surface area contributed by atoms with E-state index in [4.69, 9.17) is 4.98 Å². The summed E-state index contributed by atoms with van der Waals surface area (Å²) in [6.07, 6.45) is 5.55. The van der Waals surface area contributed by atoms with Crippen LogP contribution in [0.25, 0.3) is 16.9 Å². The summed E-state index contributed by atoms with van der Waals surface area (Å²) in [5, 5.41) is 0. The molecule has 4 nitrogen and oxygen atoms in total. The summed E-state index contributed by atoms with van der Waals surface area (Å²) in [7, 11) is 2.21. The smallest absolute Gasteiger partial charge is 0.164 e. The lowest BCUT2D eigenvalue weighted by Gasteiger charge is -2.32. The summed E-state index contributed by atoms with van der Waals surface area (Å²) in [6, 6.07) is 12.9. The highest BCUT2D eigenvalue weighted by Gasteiger charge is 2.27. The quantitative estimate of drug-likeness (QED) is 0.720. The molecule has 0 radical (unpaired) electrons. The van der Waals surface area contributed by atoms with Gasteiger partial charge in [-0.15, -0.1) is 0 Å². The zero-order valence-corrected chi connectivity index (χ0v) is 13.7. The SMILES string of the molecule is Cc1ccccc1-n1c(C2CCCCN2C)nc2cccnc21. The van der Waals surface area contributed by atoms with Crippen LogP contribution in [0.15, 0.2) is 42.6 Å². The van der Waals surface area contributed by atoms with Crippen molar-refractivity contribution >= 4 is 11.2 Å². The van der Waals surface area contributed by atoms with E-state index in [2.05, 4.69) is 58.8 Å². The number of pyridine rings is 1. The monoisotopic (exact) mass is 306 g/mol. The van der Waals surface area contributed by atoms with Gasteiger partial charge in [-0.05, 0) is 57.1 Å². The Balaban J connectivity index is 1.97. The van der Waals surface area contributed by atoms with Gasteiger partial charge in [-0.3, -0.25) is 9.47 Å². The fourth-order valence-corrected chi connectivity index (χ4v) is 3.61. The van der Waals surface area contributed by atoms with E-state index in [0.29, 0.717) is 6.04 Å². The van der Waals surface area contributed by atoms with Crippen LogP contribution in [-0.4, -0.2) is 33.0 Å². The Morgan fingerprint density at radius 1 is 1.09 bits per heavy atom. The molecule has 118 valence electrons. The number of nitrogens with zero attached hydrogens (tertiary/aromatic N) is 4. The van der Waals surface area contributed by atoms with E-state index in [1.54, 1.807) is 0 Å². The first-order valence-corrected chi connectivity index (χ1v) is 8.35. The Kier molecular flexibility index (Phi) is 3.62. The summed E-state index contributed by atoms with van der Waals surface area (Å²) in [6.45, 7) is 3.29. The minimum absolute atomic E-state index is 0.359. The zero-order valence-electron chi connectivity index (χ0n) is 13.7. The average molecular weight is 306 g/mol. The van der Waals surface area contributed by atoms with Crippen molar-refractivity contribution < 1.29 is 0 Å². The highest BCUT2D eigenvalue weighted by Crippen LogP contribution is 2.33. The van der Waals surface area contributed by atoms with E-state index >= 15 is 0 Å². The molecule has 2 aromatic heterocycles. The van der Waals surface area contributed by atoms with Gasteiger partial charge in [0.15, 0.2) is 5.65 Å². The van der Waals surface area contributed by atoms with Gasteiger partial charge in [0.2, 0.25) is 0 Å². The van der Waals surface area contributed by atoms with Gasteiger partial charge < -0.3 is 0 Å². The van der Waals surface area contributed by atoms with Gasteiger partial charge in [-0.2, -0.15) is 0 Å². The Labute approximate surface area is 136 Å². The number of aryl methyl sites for hydroxylation is 1. The summed E-state index contributed by atoms with van der Waals surface area (Å²) in [5.74, 6) is 1.12. The van der Waals surface area contributed by atoms with Crippen LogP contribution < -0.4 is 0 Å². The number of rotatable bonds is 2. The Hall–Kier alpha value is -2.20. The molecule has 23 heavy (non-hydrogen) atoms. The molecule has 3 heterocycles. The fourth-order valence-electron chi connectivity index (χ4n) is 3.61. The molecule has 1 saturated heterocycles. The number of benzene rings is 1. The molecular formula is C19H22N4. The third-order valence-electron chi connectivity index (χ3n) is 4.87. The van der Waals surface area contributed by atoms with Crippen LogP contribution in [0.1, 0.15) is 36.7 Å². The van der Waals surface area contributed by atoms with E-state index in [0.717, 1.165) is 30.0 Å². The standard InChI is InChI=1S/C19H22N4/c1-14-8-3-4-10-16(14)23-18-15(9-7-12-20-18)21-19(23)17-11-5-6-13-22(17)2/h3-4,7-10,12,17H,5-6,11,13H2,1-2H3. The minimum Gasteiger partial charge on any atom is -0.297 e. The fraction of sp³-hybridized carbons (Fsp3) is 0.368. The summed E-state index contributed by atoms with van der Waals surface area (Å²) >= 11 is 0. The summed E-state index contributed by atoms with van der Waals surface area (Å²) in [5.41, 5.74) is 4.36. The van der Waals surface area contributed by atoms with Gasteiger partial charge in [0.05, 0.1) is 11.7 Å². The van der Waals surface area contributed by atoms with Crippen molar-refractivity contribution in [2.24, 2.45) is 0 Å². The number of imidazole rings is 1.